The first kappa shape index (κ1) is 16.0. The standard InChI is InChI=1S/C17H13Cl2N5OS/c18-9-6-10(15(25)11(19)7-9)16-21-14-8-12(13-2-1-5-26-13)22-24(14)17-20-3-4-23(16)17/h1-2,5-8,16,21,25H,3-4H2. The minimum atomic E-state index is -0.326. The number of hydrogen-bond acceptors (Lipinski definition) is 6. The molecule has 9 heteroatoms. The molecule has 2 aromatic heterocycles. The third-order valence-corrected chi connectivity index (χ3v) is 5.87. The molecule has 2 N–H and O–H groups in total. The maximum Gasteiger partial charge on any atom is 0.225 e. The van der Waals surface area contributed by atoms with Crippen LogP contribution in [0.3, 0.4) is 0 Å². The first-order valence-electron chi connectivity index (χ1n) is 8.01. The number of halogens is 2. The van der Waals surface area contributed by atoms with Crippen molar-refractivity contribution in [1.82, 2.24) is 14.7 Å². The fourth-order valence-corrected chi connectivity index (χ4v) is 4.51. The summed E-state index contributed by atoms with van der Waals surface area (Å²) in [6, 6.07) is 9.28. The normalized spacial score (nSPS) is 18.3. The molecule has 132 valence electrons. The molecule has 0 radical (unpaired) electrons. The Hall–Kier alpha value is -2.22. The van der Waals surface area contributed by atoms with Gasteiger partial charge in [-0.15, -0.1) is 11.3 Å². The Morgan fingerprint density at radius 2 is 2.15 bits per heavy atom. The first-order valence-corrected chi connectivity index (χ1v) is 9.65. The van der Waals surface area contributed by atoms with E-state index < -0.39 is 0 Å². The molecule has 26 heavy (non-hydrogen) atoms. The topological polar surface area (TPSA) is 65.7 Å². The van der Waals surface area contributed by atoms with Crippen molar-refractivity contribution in [2.24, 2.45) is 4.99 Å². The molecule has 0 aliphatic carbocycles. The number of rotatable bonds is 2. The van der Waals surface area contributed by atoms with Gasteiger partial charge in [-0.25, -0.2) is 4.99 Å². The van der Waals surface area contributed by atoms with Crippen LogP contribution in [0.2, 0.25) is 10.0 Å². The lowest BCUT2D eigenvalue weighted by atomic mass is 10.1. The number of thiophene rings is 1. The van der Waals surface area contributed by atoms with Gasteiger partial charge in [0.2, 0.25) is 5.96 Å². The fourth-order valence-electron chi connectivity index (χ4n) is 3.32. The van der Waals surface area contributed by atoms with Gasteiger partial charge < -0.3 is 15.3 Å². The van der Waals surface area contributed by atoms with Gasteiger partial charge in [0.15, 0.2) is 0 Å². The van der Waals surface area contributed by atoms with Gasteiger partial charge in [-0.1, -0.05) is 29.3 Å². The maximum atomic E-state index is 10.5. The predicted molar refractivity (Wildman–Crippen MR) is 104 cm³/mol. The van der Waals surface area contributed by atoms with Crippen molar-refractivity contribution >= 4 is 46.3 Å². The second kappa shape index (κ2) is 5.90. The van der Waals surface area contributed by atoms with Gasteiger partial charge in [0.1, 0.15) is 23.4 Å². The van der Waals surface area contributed by atoms with E-state index in [2.05, 4.69) is 15.2 Å². The number of aromatic hydroxyl groups is 1. The number of phenolic OH excluding ortho intramolecular Hbond substituents is 1. The number of fused-ring (bicyclic) bond motifs is 3. The van der Waals surface area contributed by atoms with Crippen LogP contribution in [0.4, 0.5) is 5.82 Å². The maximum absolute atomic E-state index is 10.5. The van der Waals surface area contributed by atoms with Crippen LogP contribution < -0.4 is 5.32 Å². The van der Waals surface area contributed by atoms with Crippen molar-refractivity contribution < 1.29 is 5.11 Å². The number of aliphatic imine (C=N–C) groups is 1. The van der Waals surface area contributed by atoms with Crippen LogP contribution in [0.15, 0.2) is 40.7 Å². The zero-order valence-electron chi connectivity index (χ0n) is 13.4. The number of nitrogens with zero attached hydrogens (tertiary/aromatic N) is 4. The molecular weight excluding hydrogens is 393 g/mol. The zero-order valence-corrected chi connectivity index (χ0v) is 15.7. The van der Waals surface area contributed by atoms with Crippen LogP contribution in [0.1, 0.15) is 11.7 Å². The number of aromatic nitrogens is 2. The summed E-state index contributed by atoms with van der Waals surface area (Å²) in [5.74, 6) is 1.58. The highest BCUT2D eigenvalue weighted by atomic mass is 35.5. The molecule has 0 amide bonds. The van der Waals surface area contributed by atoms with E-state index in [1.807, 2.05) is 28.3 Å². The molecule has 1 unspecified atom stereocenters. The molecule has 0 bridgehead atoms. The molecule has 4 heterocycles. The number of anilines is 1. The highest BCUT2D eigenvalue weighted by molar-refractivity contribution is 7.13. The highest BCUT2D eigenvalue weighted by Gasteiger charge is 2.36. The van der Waals surface area contributed by atoms with Gasteiger partial charge in [0, 0.05) is 23.2 Å². The Balaban J connectivity index is 1.63. The average Bonchev–Trinajstić information content (AvgIpc) is 3.36. The lowest BCUT2D eigenvalue weighted by Crippen LogP contribution is -2.45. The Bertz CT molecular complexity index is 1030. The van der Waals surface area contributed by atoms with E-state index in [1.165, 1.54) is 6.07 Å². The lowest BCUT2D eigenvalue weighted by molar-refractivity contribution is 0.338. The largest absolute Gasteiger partial charge is 0.506 e. The summed E-state index contributed by atoms with van der Waals surface area (Å²) >= 11 is 13.9. The number of nitrogens with one attached hydrogen (secondary N) is 1. The Kier molecular flexibility index (Phi) is 3.63. The lowest BCUT2D eigenvalue weighted by Gasteiger charge is -2.36. The molecule has 0 spiro atoms. The quantitative estimate of drug-likeness (QED) is 0.667. The van der Waals surface area contributed by atoms with Crippen molar-refractivity contribution in [2.45, 2.75) is 6.17 Å². The van der Waals surface area contributed by atoms with Gasteiger partial charge in [0.05, 0.1) is 16.4 Å². The zero-order chi connectivity index (χ0) is 17.8. The molecule has 1 aromatic carbocycles. The van der Waals surface area contributed by atoms with E-state index >= 15 is 0 Å². The van der Waals surface area contributed by atoms with Crippen molar-refractivity contribution in [3.05, 3.63) is 51.3 Å². The summed E-state index contributed by atoms with van der Waals surface area (Å²) < 4.78 is 1.81. The first-order chi connectivity index (χ1) is 12.6. The molecule has 3 aromatic rings. The van der Waals surface area contributed by atoms with Crippen LogP contribution in [0.5, 0.6) is 5.75 Å². The monoisotopic (exact) mass is 405 g/mol. The second-order valence-corrected chi connectivity index (χ2v) is 7.84. The van der Waals surface area contributed by atoms with Crippen molar-refractivity contribution in [1.29, 1.82) is 0 Å². The molecule has 6 nitrogen and oxygen atoms in total. The van der Waals surface area contributed by atoms with E-state index in [-0.39, 0.29) is 16.9 Å². The fraction of sp³-hybridized carbons (Fsp3) is 0.176. The van der Waals surface area contributed by atoms with Crippen molar-refractivity contribution in [3.63, 3.8) is 0 Å². The SMILES string of the molecule is Oc1c(Cl)cc(Cl)cc1C1Nc2cc(-c3cccs3)nn2C2=NCCN21. The van der Waals surface area contributed by atoms with Gasteiger partial charge >= 0.3 is 0 Å². The Morgan fingerprint density at radius 1 is 1.27 bits per heavy atom. The number of benzene rings is 1. The van der Waals surface area contributed by atoms with Gasteiger partial charge in [0.25, 0.3) is 0 Å². The van der Waals surface area contributed by atoms with E-state index in [0.29, 0.717) is 23.7 Å². The molecule has 0 saturated carbocycles. The predicted octanol–water partition coefficient (Wildman–Crippen LogP) is 4.27. The summed E-state index contributed by atoms with van der Waals surface area (Å²) in [6.45, 7) is 1.38. The summed E-state index contributed by atoms with van der Waals surface area (Å²) in [7, 11) is 0. The van der Waals surface area contributed by atoms with Crippen molar-refractivity contribution in [3.8, 4) is 16.3 Å². The van der Waals surface area contributed by atoms with Crippen LogP contribution in [0, 0.1) is 0 Å². The Labute approximate surface area is 163 Å². The third kappa shape index (κ3) is 2.39. The minimum Gasteiger partial charge on any atom is -0.506 e. The summed E-state index contributed by atoms with van der Waals surface area (Å²) in [4.78, 5) is 7.75. The molecule has 1 atom stereocenters. The molecule has 2 aliphatic heterocycles. The van der Waals surface area contributed by atoms with E-state index in [9.17, 15) is 5.11 Å². The summed E-state index contributed by atoms with van der Waals surface area (Å²) in [6.07, 6.45) is -0.326. The van der Waals surface area contributed by atoms with Crippen LogP contribution >= 0.6 is 34.5 Å². The van der Waals surface area contributed by atoms with Crippen LogP contribution in [-0.4, -0.2) is 38.8 Å². The highest BCUT2D eigenvalue weighted by Crippen LogP contribution is 2.41. The number of phenols is 1. The molecule has 0 saturated heterocycles. The van der Waals surface area contributed by atoms with E-state index in [0.717, 1.165) is 22.3 Å². The van der Waals surface area contributed by atoms with E-state index in [1.54, 1.807) is 17.4 Å². The van der Waals surface area contributed by atoms with Crippen LogP contribution in [-0.2, 0) is 0 Å². The van der Waals surface area contributed by atoms with Crippen LogP contribution in [0.25, 0.3) is 10.6 Å². The van der Waals surface area contributed by atoms with Gasteiger partial charge in [-0.3, -0.25) is 0 Å². The minimum absolute atomic E-state index is 0.0197. The van der Waals surface area contributed by atoms with Gasteiger partial charge in [-0.2, -0.15) is 9.78 Å². The third-order valence-electron chi connectivity index (χ3n) is 4.47. The molecule has 2 aliphatic rings. The Morgan fingerprint density at radius 3 is 2.96 bits per heavy atom. The van der Waals surface area contributed by atoms with Gasteiger partial charge in [-0.05, 0) is 23.6 Å². The summed E-state index contributed by atoms with van der Waals surface area (Å²) in [5, 5.41) is 21.3. The molecule has 0 fully saturated rings. The molecular formula is C17H13Cl2N5OS. The smallest absolute Gasteiger partial charge is 0.225 e. The molecule has 5 rings (SSSR count). The van der Waals surface area contributed by atoms with Crippen molar-refractivity contribution in [2.75, 3.05) is 18.4 Å². The average molecular weight is 406 g/mol. The number of hydrogen-bond donors (Lipinski definition) is 2. The second-order valence-electron chi connectivity index (χ2n) is 6.05. The van der Waals surface area contributed by atoms with E-state index in [4.69, 9.17) is 28.3 Å². The summed E-state index contributed by atoms with van der Waals surface area (Å²) in [5.41, 5.74) is 1.49.